The summed E-state index contributed by atoms with van der Waals surface area (Å²) >= 11 is 0. The van der Waals surface area contributed by atoms with Gasteiger partial charge in [0.15, 0.2) is 11.5 Å². The smallest absolute Gasteiger partial charge is 0.207 e. The third-order valence-electron chi connectivity index (χ3n) is 4.68. The monoisotopic (exact) mass is 388 g/mol. The van der Waals surface area contributed by atoms with Crippen LogP contribution in [0.25, 0.3) is 0 Å². The molecule has 0 atom stereocenters. The van der Waals surface area contributed by atoms with Gasteiger partial charge in [-0.05, 0) is 65.9 Å². The zero-order valence-electron chi connectivity index (χ0n) is 18.5. The first-order valence-electron chi connectivity index (χ1n) is 9.79. The van der Waals surface area contributed by atoms with Crippen LogP contribution in [0.1, 0.15) is 58.9 Å². The van der Waals surface area contributed by atoms with Crippen LogP contribution >= 0.6 is 0 Å². The molecule has 0 bridgehead atoms. The molecule has 0 heterocycles. The van der Waals surface area contributed by atoms with Gasteiger partial charge in [-0.2, -0.15) is 0 Å². The fraction of sp³-hybridized carbons (Fsp3) is 0.500. The van der Waals surface area contributed by atoms with E-state index in [-0.39, 0.29) is 5.75 Å². The van der Waals surface area contributed by atoms with Crippen molar-refractivity contribution in [2.75, 3.05) is 21.3 Å². The molecule has 1 aromatic rings. The van der Waals surface area contributed by atoms with Gasteiger partial charge in [0.25, 0.3) is 0 Å². The third kappa shape index (κ3) is 7.34. The van der Waals surface area contributed by atoms with Crippen molar-refractivity contribution in [3.05, 3.63) is 46.6 Å². The van der Waals surface area contributed by atoms with E-state index in [1.54, 1.807) is 13.2 Å². The third-order valence-corrected chi connectivity index (χ3v) is 4.68. The molecule has 4 heteroatoms. The first kappa shape index (κ1) is 23.7. The lowest BCUT2D eigenvalue weighted by Gasteiger charge is -2.16. The second-order valence-corrected chi connectivity index (χ2v) is 7.32. The first-order valence-corrected chi connectivity index (χ1v) is 9.79. The number of hydrogen-bond donors (Lipinski definition) is 1. The normalized spacial score (nSPS) is 12.0. The largest absolute Gasteiger partial charge is 0.504 e. The Balaban J connectivity index is 2.74. The minimum Gasteiger partial charge on any atom is -0.504 e. The predicted molar refractivity (Wildman–Crippen MR) is 117 cm³/mol. The molecule has 0 saturated carbocycles. The number of aromatic hydroxyl groups is 1. The summed E-state index contributed by atoms with van der Waals surface area (Å²) in [5.74, 6) is 1.35. The number of benzene rings is 1. The van der Waals surface area contributed by atoms with Crippen molar-refractivity contribution in [2.45, 2.75) is 59.8 Å². The molecule has 156 valence electrons. The van der Waals surface area contributed by atoms with Gasteiger partial charge in [0.05, 0.1) is 21.3 Å². The quantitative estimate of drug-likeness (QED) is 0.447. The second kappa shape index (κ2) is 12.2. The van der Waals surface area contributed by atoms with Crippen LogP contribution in [-0.4, -0.2) is 26.4 Å². The predicted octanol–water partition coefficient (Wildman–Crippen LogP) is 6.38. The molecule has 0 aliphatic heterocycles. The number of rotatable bonds is 11. The van der Waals surface area contributed by atoms with Crippen molar-refractivity contribution in [1.29, 1.82) is 0 Å². The zero-order chi connectivity index (χ0) is 21.1. The van der Waals surface area contributed by atoms with Gasteiger partial charge in [-0.15, -0.1) is 0 Å². The number of allylic oxidation sites excluding steroid dienone is 6. The number of phenolic OH excluding ortho intramolecular Hbond substituents is 1. The SMILES string of the molecule is COc1cc(C/C=C(\C)CC/C=C(\C)CCC=C(C)C)c(O)c(OC)c1OC. The van der Waals surface area contributed by atoms with Crippen molar-refractivity contribution in [2.24, 2.45) is 0 Å². The molecule has 0 fully saturated rings. The molecule has 1 aromatic carbocycles. The molecule has 4 nitrogen and oxygen atoms in total. The summed E-state index contributed by atoms with van der Waals surface area (Å²) < 4.78 is 16.0. The van der Waals surface area contributed by atoms with Crippen LogP contribution in [0.2, 0.25) is 0 Å². The summed E-state index contributed by atoms with van der Waals surface area (Å²) in [6.45, 7) is 8.60. The highest BCUT2D eigenvalue weighted by atomic mass is 16.5. The molecular weight excluding hydrogens is 352 g/mol. The van der Waals surface area contributed by atoms with Crippen molar-refractivity contribution >= 4 is 0 Å². The van der Waals surface area contributed by atoms with E-state index in [0.29, 0.717) is 23.7 Å². The maximum atomic E-state index is 10.5. The van der Waals surface area contributed by atoms with Crippen LogP contribution in [0.5, 0.6) is 23.0 Å². The van der Waals surface area contributed by atoms with Crippen LogP contribution in [0.15, 0.2) is 41.0 Å². The summed E-state index contributed by atoms with van der Waals surface area (Å²) in [6.07, 6.45) is 11.6. The minimum atomic E-state index is 0.0965. The van der Waals surface area contributed by atoms with E-state index in [1.165, 1.54) is 30.9 Å². The van der Waals surface area contributed by atoms with E-state index in [4.69, 9.17) is 14.2 Å². The highest BCUT2D eigenvalue weighted by molar-refractivity contribution is 5.62. The molecule has 0 aliphatic rings. The molecule has 0 amide bonds. The second-order valence-electron chi connectivity index (χ2n) is 7.32. The molecule has 0 spiro atoms. The van der Waals surface area contributed by atoms with Crippen molar-refractivity contribution in [3.63, 3.8) is 0 Å². The lowest BCUT2D eigenvalue weighted by atomic mass is 10.0. The fourth-order valence-corrected chi connectivity index (χ4v) is 2.97. The van der Waals surface area contributed by atoms with E-state index in [0.717, 1.165) is 31.2 Å². The number of ether oxygens (including phenoxy) is 3. The van der Waals surface area contributed by atoms with Gasteiger partial charge in [0.1, 0.15) is 0 Å². The fourth-order valence-electron chi connectivity index (χ4n) is 2.97. The van der Waals surface area contributed by atoms with Crippen LogP contribution < -0.4 is 14.2 Å². The summed E-state index contributed by atoms with van der Waals surface area (Å²) in [5.41, 5.74) is 4.86. The van der Waals surface area contributed by atoms with Crippen LogP contribution in [0.3, 0.4) is 0 Å². The van der Waals surface area contributed by atoms with E-state index >= 15 is 0 Å². The van der Waals surface area contributed by atoms with E-state index < -0.39 is 0 Å². The van der Waals surface area contributed by atoms with Crippen LogP contribution in [0, 0.1) is 0 Å². The molecule has 1 rings (SSSR count). The van der Waals surface area contributed by atoms with Gasteiger partial charge in [0.2, 0.25) is 11.5 Å². The standard InChI is InChI=1S/C24H36O4/c1-17(2)10-8-11-18(3)12-9-13-19(4)14-15-20-16-21(26-5)23(27-6)24(28-7)22(20)25/h10,12,14,16,25H,8-9,11,13,15H2,1-7H3/b18-12+,19-14+. The average Bonchev–Trinajstić information content (AvgIpc) is 2.66. The maximum Gasteiger partial charge on any atom is 0.207 e. The average molecular weight is 389 g/mol. The highest BCUT2D eigenvalue weighted by Gasteiger charge is 2.19. The molecule has 0 aromatic heterocycles. The Morgan fingerprint density at radius 2 is 1.39 bits per heavy atom. The van der Waals surface area contributed by atoms with Gasteiger partial charge >= 0.3 is 0 Å². The summed E-state index contributed by atoms with van der Waals surface area (Å²) in [4.78, 5) is 0. The van der Waals surface area contributed by atoms with Gasteiger partial charge in [0, 0.05) is 5.56 Å². The Bertz CT molecular complexity index is 723. The Labute approximate surface area is 170 Å². The minimum absolute atomic E-state index is 0.0965. The molecular formula is C24H36O4. The van der Waals surface area contributed by atoms with Crippen molar-refractivity contribution in [1.82, 2.24) is 0 Å². The summed E-state index contributed by atoms with van der Waals surface area (Å²) in [7, 11) is 4.61. The maximum absolute atomic E-state index is 10.5. The number of methoxy groups -OCH3 is 3. The van der Waals surface area contributed by atoms with Gasteiger partial charge < -0.3 is 19.3 Å². The van der Waals surface area contributed by atoms with Crippen LogP contribution in [-0.2, 0) is 6.42 Å². The molecule has 0 radical (unpaired) electrons. The van der Waals surface area contributed by atoms with E-state index in [2.05, 4.69) is 45.9 Å². The number of phenols is 1. The lowest BCUT2D eigenvalue weighted by molar-refractivity contribution is 0.309. The first-order chi connectivity index (χ1) is 13.3. The summed E-state index contributed by atoms with van der Waals surface area (Å²) in [6, 6.07) is 1.80. The van der Waals surface area contributed by atoms with Crippen molar-refractivity contribution in [3.8, 4) is 23.0 Å². The highest BCUT2D eigenvalue weighted by Crippen LogP contribution is 2.46. The van der Waals surface area contributed by atoms with E-state index in [9.17, 15) is 5.11 Å². The Morgan fingerprint density at radius 3 is 1.93 bits per heavy atom. The van der Waals surface area contributed by atoms with E-state index in [1.807, 2.05) is 0 Å². The summed E-state index contributed by atoms with van der Waals surface area (Å²) in [5, 5.41) is 10.5. The molecule has 0 aliphatic carbocycles. The topological polar surface area (TPSA) is 47.9 Å². The molecule has 0 unspecified atom stereocenters. The molecule has 1 N–H and O–H groups in total. The molecule has 28 heavy (non-hydrogen) atoms. The van der Waals surface area contributed by atoms with Gasteiger partial charge in [-0.25, -0.2) is 0 Å². The van der Waals surface area contributed by atoms with Crippen LogP contribution in [0.4, 0.5) is 0 Å². The Morgan fingerprint density at radius 1 is 0.821 bits per heavy atom. The number of hydrogen-bond acceptors (Lipinski definition) is 4. The Hall–Kier alpha value is -2.36. The lowest BCUT2D eigenvalue weighted by Crippen LogP contribution is -1.98. The Kier molecular flexibility index (Phi) is 10.3. The molecule has 0 saturated heterocycles. The van der Waals surface area contributed by atoms with Gasteiger partial charge in [-0.1, -0.05) is 34.9 Å². The zero-order valence-corrected chi connectivity index (χ0v) is 18.5. The van der Waals surface area contributed by atoms with Gasteiger partial charge in [-0.3, -0.25) is 0 Å². The van der Waals surface area contributed by atoms with Crippen molar-refractivity contribution < 1.29 is 19.3 Å².